The minimum atomic E-state index is -0.492. The van der Waals surface area contributed by atoms with Crippen LogP contribution in [0.2, 0.25) is 0 Å². The Balaban J connectivity index is 1.82. The standard InChI is InChI=1S/C15H21NO2/c1-3-15-16(9-13-7-5-4-6-8-13)10-14(2,11-17-15)12-18-15/h4-8H,3,9-12H2,1-2H3. The van der Waals surface area contributed by atoms with E-state index in [-0.39, 0.29) is 5.41 Å². The van der Waals surface area contributed by atoms with E-state index in [2.05, 4.69) is 49.1 Å². The molecule has 0 atom stereocenters. The second kappa shape index (κ2) is 4.34. The first-order valence-electron chi connectivity index (χ1n) is 6.73. The Morgan fingerprint density at radius 3 is 2.44 bits per heavy atom. The van der Waals surface area contributed by atoms with Crippen LogP contribution in [0.25, 0.3) is 0 Å². The molecule has 0 radical (unpaired) electrons. The Labute approximate surface area is 109 Å². The molecule has 4 rings (SSSR count). The van der Waals surface area contributed by atoms with Crippen molar-refractivity contribution < 1.29 is 9.47 Å². The molecule has 2 bridgehead atoms. The molecule has 0 amide bonds. The minimum Gasteiger partial charge on any atom is -0.336 e. The van der Waals surface area contributed by atoms with E-state index in [9.17, 15) is 0 Å². The summed E-state index contributed by atoms with van der Waals surface area (Å²) in [5.74, 6) is -0.492. The van der Waals surface area contributed by atoms with Crippen molar-refractivity contribution in [2.45, 2.75) is 32.7 Å². The van der Waals surface area contributed by atoms with Gasteiger partial charge in [0.05, 0.1) is 13.2 Å². The van der Waals surface area contributed by atoms with Crippen molar-refractivity contribution in [3.63, 3.8) is 0 Å². The van der Waals surface area contributed by atoms with E-state index < -0.39 is 5.91 Å². The van der Waals surface area contributed by atoms with Crippen LogP contribution in [-0.4, -0.2) is 30.6 Å². The van der Waals surface area contributed by atoms with E-state index in [4.69, 9.17) is 9.47 Å². The molecular formula is C15H21NO2. The van der Waals surface area contributed by atoms with Crippen LogP contribution in [0.4, 0.5) is 0 Å². The molecule has 3 aliphatic heterocycles. The molecule has 0 unspecified atom stereocenters. The fraction of sp³-hybridized carbons (Fsp3) is 0.600. The van der Waals surface area contributed by atoms with Crippen molar-refractivity contribution in [1.29, 1.82) is 0 Å². The van der Waals surface area contributed by atoms with Crippen molar-refractivity contribution in [2.75, 3.05) is 19.8 Å². The Hall–Kier alpha value is -0.900. The summed E-state index contributed by atoms with van der Waals surface area (Å²) >= 11 is 0. The van der Waals surface area contributed by atoms with Gasteiger partial charge in [-0.25, -0.2) is 4.90 Å². The lowest BCUT2D eigenvalue weighted by atomic mass is 9.87. The van der Waals surface area contributed by atoms with E-state index in [1.165, 1.54) is 5.56 Å². The molecule has 1 aromatic carbocycles. The SMILES string of the molecule is CCC12OCC(C)(CO1)CN2Cc1ccccc1. The molecule has 0 spiro atoms. The van der Waals surface area contributed by atoms with Gasteiger partial charge in [-0.3, -0.25) is 0 Å². The number of hydrogen-bond acceptors (Lipinski definition) is 3. The summed E-state index contributed by atoms with van der Waals surface area (Å²) in [5, 5.41) is 0. The summed E-state index contributed by atoms with van der Waals surface area (Å²) in [7, 11) is 0. The molecule has 3 heteroatoms. The van der Waals surface area contributed by atoms with Crippen LogP contribution in [-0.2, 0) is 16.0 Å². The lowest BCUT2D eigenvalue weighted by molar-refractivity contribution is -0.410. The van der Waals surface area contributed by atoms with Gasteiger partial charge in [0.2, 0.25) is 5.91 Å². The van der Waals surface area contributed by atoms with Crippen molar-refractivity contribution in [3.05, 3.63) is 35.9 Å². The molecular weight excluding hydrogens is 226 g/mol. The summed E-state index contributed by atoms with van der Waals surface area (Å²) in [5.41, 5.74) is 1.46. The molecule has 0 aliphatic carbocycles. The first-order valence-corrected chi connectivity index (χ1v) is 6.73. The number of rotatable bonds is 3. The quantitative estimate of drug-likeness (QED) is 0.819. The van der Waals surface area contributed by atoms with Gasteiger partial charge in [-0.15, -0.1) is 0 Å². The Kier molecular flexibility index (Phi) is 2.93. The van der Waals surface area contributed by atoms with Crippen molar-refractivity contribution in [3.8, 4) is 0 Å². The molecule has 3 fully saturated rings. The Morgan fingerprint density at radius 1 is 1.17 bits per heavy atom. The lowest BCUT2D eigenvalue weighted by Crippen LogP contribution is -2.67. The largest absolute Gasteiger partial charge is 0.336 e. The monoisotopic (exact) mass is 247 g/mol. The first kappa shape index (κ1) is 12.2. The lowest BCUT2D eigenvalue weighted by Gasteiger charge is -2.57. The van der Waals surface area contributed by atoms with Gasteiger partial charge in [0, 0.05) is 24.9 Å². The van der Waals surface area contributed by atoms with E-state index in [0.717, 1.165) is 32.7 Å². The molecule has 3 saturated heterocycles. The summed E-state index contributed by atoms with van der Waals surface area (Å²) < 4.78 is 12.0. The number of nitrogens with zero attached hydrogens (tertiary/aromatic N) is 1. The van der Waals surface area contributed by atoms with Gasteiger partial charge in [-0.05, 0) is 5.56 Å². The number of fused-ring (bicyclic) bond motifs is 3. The van der Waals surface area contributed by atoms with E-state index in [1.807, 2.05) is 0 Å². The van der Waals surface area contributed by atoms with Gasteiger partial charge >= 0.3 is 0 Å². The maximum Gasteiger partial charge on any atom is 0.230 e. The number of ether oxygens (including phenoxy) is 2. The highest BCUT2D eigenvalue weighted by Crippen LogP contribution is 2.42. The van der Waals surface area contributed by atoms with E-state index in [1.54, 1.807) is 0 Å². The zero-order valence-corrected chi connectivity index (χ0v) is 11.2. The predicted octanol–water partition coefficient (Wildman–Crippen LogP) is 2.62. The van der Waals surface area contributed by atoms with Crippen LogP contribution in [0.5, 0.6) is 0 Å². The van der Waals surface area contributed by atoms with Crippen LogP contribution < -0.4 is 0 Å². The van der Waals surface area contributed by atoms with Gasteiger partial charge in [0.1, 0.15) is 0 Å². The second-order valence-corrected chi connectivity index (χ2v) is 5.80. The summed E-state index contributed by atoms with van der Waals surface area (Å²) in [6, 6.07) is 10.5. The van der Waals surface area contributed by atoms with E-state index >= 15 is 0 Å². The van der Waals surface area contributed by atoms with Crippen LogP contribution >= 0.6 is 0 Å². The third-order valence-corrected chi connectivity index (χ3v) is 4.01. The highest BCUT2D eigenvalue weighted by molar-refractivity contribution is 5.15. The Bertz CT molecular complexity index is 410. The molecule has 98 valence electrons. The summed E-state index contributed by atoms with van der Waals surface area (Å²) in [6.45, 7) is 7.94. The van der Waals surface area contributed by atoms with Crippen LogP contribution in [0.3, 0.4) is 0 Å². The zero-order valence-electron chi connectivity index (χ0n) is 11.2. The smallest absolute Gasteiger partial charge is 0.230 e. The molecule has 18 heavy (non-hydrogen) atoms. The second-order valence-electron chi connectivity index (χ2n) is 5.80. The van der Waals surface area contributed by atoms with Gasteiger partial charge in [0.25, 0.3) is 0 Å². The summed E-state index contributed by atoms with van der Waals surface area (Å²) in [6.07, 6.45) is 0.871. The van der Waals surface area contributed by atoms with Gasteiger partial charge in [-0.1, -0.05) is 44.2 Å². The molecule has 3 aliphatic rings. The maximum absolute atomic E-state index is 6.01. The van der Waals surface area contributed by atoms with Crippen molar-refractivity contribution >= 4 is 0 Å². The van der Waals surface area contributed by atoms with Crippen LogP contribution in [0.1, 0.15) is 25.8 Å². The highest BCUT2D eigenvalue weighted by Gasteiger charge is 2.52. The minimum absolute atomic E-state index is 0.145. The molecule has 0 N–H and O–H groups in total. The van der Waals surface area contributed by atoms with E-state index in [0.29, 0.717) is 0 Å². The third kappa shape index (κ3) is 1.96. The molecule has 0 aromatic heterocycles. The topological polar surface area (TPSA) is 21.7 Å². The average molecular weight is 247 g/mol. The maximum atomic E-state index is 6.01. The van der Waals surface area contributed by atoms with Crippen molar-refractivity contribution in [2.24, 2.45) is 5.41 Å². The van der Waals surface area contributed by atoms with Gasteiger partial charge in [0.15, 0.2) is 0 Å². The molecule has 1 aromatic rings. The Morgan fingerprint density at radius 2 is 1.83 bits per heavy atom. The molecule has 3 heterocycles. The van der Waals surface area contributed by atoms with Crippen LogP contribution in [0, 0.1) is 5.41 Å². The van der Waals surface area contributed by atoms with Gasteiger partial charge < -0.3 is 9.47 Å². The summed E-state index contributed by atoms with van der Waals surface area (Å²) in [4.78, 5) is 2.34. The van der Waals surface area contributed by atoms with Crippen LogP contribution in [0.15, 0.2) is 30.3 Å². The van der Waals surface area contributed by atoms with Crippen molar-refractivity contribution in [1.82, 2.24) is 4.90 Å². The number of benzene rings is 1. The van der Waals surface area contributed by atoms with Gasteiger partial charge in [-0.2, -0.15) is 0 Å². The molecule has 0 saturated carbocycles. The predicted molar refractivity (Wildman–Crippen MR) is 69.9 cm³/mol. The molecule has 3 nitrogen and oxygen atoms in total. The highest BCUT2D eigenvalue weighted by atomic mass is 16.7. The zero-order chi connectivity index (χ0) is 12.6. The third-order valence-electron chi connectivity index (χ3n) is 4.01. The fourth-order valence-electron chi connectivity index (χ4n) is 2.92. The first-order chi connectivity index (χ1) is 8.66. The normalized spacial score (nSPS) is 35.9. The average Bonchev–Trinajstić information content (AvgIpc) is 2.41. The number of hydrogen-bond donors (Lipinski definition) is 0. The fourth-order valence-corrected chi connectivity index (χ4v) is 2.92.